The van der Waals surface area contributed by atoms with E-state index in [-0.39, 0.29) is 5.56 Å². The molecule has 3 aromatic rings. The van der Waals surface area contributed by atoms with Gasteiger partial charge in [-0.2, -0.15) is 0 Å². The van der Waals surface area contributed by atoms with Gasteiger partial charge in [0.15, 0.2) is 0 Å². The van der Waals surface area contributed by atoms with Gasteiger partial charge in [-0.1, -0.05) is 42.5 Å². The van der Waals surface area contributed by atoms with Crippen molar-refractivity contribution in [2.45, 2.75) is 32.0 Å². The quantitative estimate of drug-likeness (QED) is 0.788. The van der Waals surface area contributed by atoms with Crippen LogP contribution in [0.5, 0.6) is 0 Å². The zero-order valence-electron chi connectivity index (χ0n) is 12.9. The normalized spacial score (nSPS) is 14.5. The topological polar surface area (TPSA) is 49.0 Å². The molecular formula is C19H19N3O. The van der Waals surface area contributed by atoms with Crippen LogP contribution in [0.25, 0.3) is 11.0 Å². The Balaban J connectivity index is 1.62. The lowest BCUT2D eigenvalue weighted by Gasteiger charge is -2.21. The summed E-state index contributed by atoms with van der Waals surface area (Å²) in [6, 6.07) is 18.7. The zero-order valence-corrected chi connectivity index (χ0v) is 12.9. The van der Waals surface area contributed by atoms with Gasteiger partial charge in [0.05, 0.1) is 11.0 Å². The third-order valence-electron chi connectivity index (χ3n) is 4.31. The molecule has 0 radical (unpaired) electrons. The third kappa shape index (κ3) is 3.17. The van der Waals surface area contributed by atoms with Crippen molar-refractivity contribution in [3.8, 4) is 0 Å². The zero-order chi connectivity index (χ0) is 15.6. The Labute approximate surface area is 134 Å². The molecule has 0 atom stereocenters. The smallest absolute Gasteiger partial charge is 0.271 e. The van der Waals surface area contributed by atoms with E-state index in [1.165, 1.54) is 18.4 Å². The fourth-order valence-corrected chi connectivity index (χ4v) is 2.94. The summed E-state index contributed by atoms with van der Waals surface area (Å²) in [5.41, 5.74) is 3.44. The van der Waals surface area contributed by atoms with Crippen molar-refractivity contribution in [3.05, 3.63) is 76.2 Å². The van der Waals surface area contributed by atoms with Crippen LogP contribution >= 0.6 is 0 Å². The van der Waals surface area contributed by atoms with E-state index >= 15 is 0 Å². The number of H-pyrrole nitrogens is 1. The van der Waals surface area contributed by atoms with Gasteiger partial charge in [0.1, 0.15) is 5.69 Å². The van der Waals surface area contributed by atoms with Crippen LogP contribution in [0.2, 0.25) is 0 Å². The molecule has 0 saturated heterocycles. The highest BCUT2D eigenvalue weighted by Gasteiger charge is 2.29. The molecule has 0 aliphatic heterocycles. The van der Waals surface area contributed by atoms with Gasteiger partial charge in [0.2, 0.25) is 0 Å². The van der Waals surface area contributed by atoms with E-state index in [9.17, 15) is 4.79 Å². The van der Waals surface area contributed by atoms with Crippen LogP contribution in [0.1, 0.15) is 24.1 Å². The molecular weight excluding hydrogens is 286 g/mol. The summed E-state index contributed by atoms with van der Waals surface area (Å²) < 4.78 is 0. The van der Waals surface area contributed by atoms with Crippen molar-refractivity contribution in [2.75, 3.05) is 0 Å². The van der Waals surface area contributed by atoms with Crippen LogP contribution < -0.4 is 5.56 Å². The van der Waals surface area contributed by atoms with Crippen LogP contribution in [0, 0.1) is 0 Å². The van der Waals surface area contributed by atoms with E-state index in [0.717, 1.165) is 17.6 Å². The fourth-order valence-electron chi connectivity index (χ4n) is 2.94. The number of aromatic amines is 1. The second kappa shape index (κ2) is 5.97. The number of para-hydroxylation sites is 2. The molecule has 1 aromatic heterocycles. The maximum atomic E-state index is 12.3. The van der Waals surface area contributed by atoms with Crippen LogP contribution in [-0.2, 0) is 13.1 Å². The Hall–Kier alpha value is -2.46. The molecule has 0 spiro atoms. The molecule has 1 aliphatic carbocycles. The summed E-state index contributed by atoms with van der Waals surface area (Å²) in [5, 5.41) is 0. The minimum Gasteiger partial charge on any atom is -0.319 e. The largest absolute Gasteiger partial charge is 0.319 e. The van der Waals surface area contributed by atoms with Gasteiger partial charge in [0.25, 0.3) is 5.56 Å². The van der Waals surface area contributed by atoms with E-state index in [1.807, 2.05) is 30.3 Å². The molecule has 0 amide bonds. The number of hydrogen-bond acceptors (Lipinski definition) is 3. The number of fused-ring (bicyclic) bond motifs is 1. The van der Waals surface area contributed by atoms with Crippen molar-refractivity contribution < 1.29 is 0 Å². The SMILES string of the molecule is O=c1[nH]c2ccccc2nc1CN(Cc1ccccc1)C1CC1. The first-order valence-corrected chi connectivity index (χ1v) is 8.05. The average molecular weight is 305 g/mol. The van der Waals surface area contributed by atoms with Gasteiger partial charge in [-0.3, -0.25) is 9.69 Å². The van der Waals surface area contributed by atoms with Crippen molar-refractivity contribution in [3.63, 3.8) is 0 Å². The average Bonchev–Trinajstić information content (AvgIpc) is 3.41. The molecule has 4 heteroatoms. The minimum absolute atomic E-state index is 0.0811. The number of nitrogens with zero attached hydrogens (tertiary/aromatic N) is 2. The molecule has 0 unspecified atom stereocenters. The van der Waals surface area contributed by atoms with E-state index in [0.29, 0.717) is 18.3 Å². The summed E-state index contributed by atoms with van der Waals surface area (Å²) in [4.78, 5) is 22.2. The highest BCUT2D eigenvalue weighted by atomic mass is 16.1. The lowest BCUT2D eigenvalue weighted by atomic mass is 10.2. The second-order valence-electron chi connectivity index (χ2n) is 6.15. The van der Waals surface area contributed by atoms with E-state index < -0.39 is 0 Å². The Kier molecular flexibility index (Phi) is 3.67. The lowest BCUT2D eigenvalue weighted by molar-refractivity contribution is 0.242. The standard InChI is InChI=1S/C19H19N3O/c23-19-18(20-16-8-4-5-9-17(16)21-19)13-22(15-10-11-15)12-14-6-2-1-3-7-14/h1-9,15H,10-13H2,(H,21,23). The van der Waals surface area contributed by atoms with Crippen molar-refractivity contribution in [1.29, 1.82) is 0 Å². The van der Waals surface area contributed by atoms with Crippen LogP contribution in [0.3, 0.4) is 0 Å². The second-order valence-corrected chi connectivity index (χ2v) is 6.15. The summed E-state index contributed by atoms with van der Waals surface area (Å²) in [6.07, 6.45) is 2.41. The van der Waals surface area contributed by atoms with Crippen molar-refractivity contribution in [1.82, 2.24) is 14.9 Å². The predicted octanol–water partition coefficient (Wildman–Crippen LogP) is 3.09. The van der Waals surface area contributed by atoms with Gasteiger partial charge in [-0.15, -0.1) is 0 Å². The first-order valence-electron chi connectivity index (χ1n) is 8.05. The van der Waals surface area contributed by atoms with E-state index in [2.05, 4.69) is 39.1 Å². The summed E-state index contributed by atoms with van der Waals surface area (Å²) in [5.74, 6) is 0. The van der Waals surface area contributed by atoms with E-state index in [1.54, 1.807) is 0 Å². The highest BCUT2D eigenvalue weighted by molar-refractivity contribution is 5.73. The summed E-state index contributed by atoms with van der Waals surface area (Å²) in [6.45, 7) is 1.46. The van der Waals surface area contributed by atoms with Crippen molar-refractivity contribution >= 4 is 11.0 Å². The molecule has 23 heavy (non-hydrogen) atoms. The Morgan fingerprint density at radius 3 is 2.52 bits per heavy atom. The third-order valence-corrected chi connectivity index (χ3v) is 4.31. The molecule has 1 N–H and O–H groups in total. The van der Waals surface area contributed by atoms with Crippen molar-refractivity contribution in [2.24, 2.45) is 0 Å². The molecule has 1 fully saturated rings. The molecule has 1 saturated carbocycles. The number of aromatic nitrogens is 2. The van der Waals surface area contributed by atoms with Crippen LogP contribution in [-0.4, -0.2) is 20.9 Å². The fraction of sp³-hybridized carbons (Fsp3) is 0.263. The predicted molar refractivity (Wildman–Crippen MR) is 91.1 cm³/mol. The molecule has 1 aliphatic rings. The van der Waals surface area contributed by atoms with Crippen LogP contribution in [0.15, 0.2) is 59.4 Å². The maximum Gasteiger partial charge on any atom is 0.271 e. The number of benzene rings is 2. The Morgan fingerprint density at radius 1 is 1.00 bits per heavy atom. The molecule has 4 nitrogen and oxygen atoms in total. The monoisotopic (exact) mass is 305 g/mol. The molecule has 2 aromatic carbocycles. The van der Waals surface area contributed by atoms with Gasteiger partial charge in [-0.05, 0) is 30.5 Å². The number of nitrogens with one attached hydrogen (secondary N) is 1. The summed E-state index contributed by atoms with van der Waals surface area (Å²) >= 11 is 0. The first kappa shape index (κ1) is 14.2. The molecule has 0 bridgehead atoms. The molecule has 1 heterocycles. The maximum absolute atomic E-state index is 12.3. The Morgan fingerprint density at radius 2 is 1.74 bits per heavy atom. The molecule has 4 rings (SSSR count). The lowest BCUT2D eigenvalue weighted by Crippen LogP contribution is -2.29. The number of rotatable bonds is 5. The first-order chi connectivity index (χ1) is 11.3. The van der Waals surface area contributed by atoms with Gasteiger partial charge in [0, 0.05) is 19.1 Å². The summed E-state index contributed by atoms with van der Waals surface area (Å²) in [7, 11) is 0. The van der Waals surface area contributed by atoms with Gasteiger partial charge < -0.3 is 4.98 Å². The van der Waals surface area contributed by atoms with Gasteiger partial charge in [-0.25, -0.2) is 4.98 Å². The van der Waals surface area contributed by atoms with Crippen LogP contribution in [0.4, 0.5) is 0 Å². The highest BCUT2D eigenvalue weighted by Crippen LogP contribution is 2.29. The molecule has 116 valence electrons. The Bertz CT molecular complexity index is 868. The van der Waals surface area contributed by atoms with Gasteiger partial charge >= 0.3 is 0 Å². The number of hydrogen-bond donors (Lipinski definition) is 1. The minimum atomic E-state index is -0.0811. The van der Waals surface area contributed by atoms with E-state index in [4.69, 9.17) is 0 Å².